The van der Waals surface area contributed by atoms with Crippen molar-refractivity contribution in [2.45, 2.75) is 43.9 Å². The average molecular weight is 343 g/mol. The van der Waals surface area contributed by atoms with Crippen molar-refractivity contribution in [2.24, 2.45) is 0 Å². The van der Waals surface area contributed by atoms with Gasteiger partial charge in [-0.15, -0.1) is 0 Å². The maximum atomic E-state index is 11.8. The quantitative estimate of drug-likeness (QED) is 0.828. The van der Waals surface area contributed by atoms with E-state index in [4.69, 9.17) is 4.98 Å². The number of carbonyl (C=O) groups excluding carboxylic acids is 1. The first-order valence-electron chi connectivity index (χ1n) is 9.61. The van der Waals surface area contributed by atoms with Crippen molar-refractivity contribution in [1.82, 2.24) is 19.8 Å². The summed E-state index contributed by atoms with van der Waals surface area (Å²) >= 11 is 0. The third kappa shape index (κ3) is 3.12. The number of likely N-dealkylation sites (tertiary alicyclic amines) is 2. The lowest BCUT2D eigenvalue weighted by Crippen LogP contribution is -2.47. The fourth-order valence-corrected chi connectivity index (χ4v) is 4.77. The highest BCUT2D eigenvalue weighted by atomic mass is 16.2. The Hall–Kier alpha value is -1.69. The van der Waals surface area contributed by atoms with E-state index in [9.17, 15) is 4.79 Å². The maximum Gasteiger partial charge on any atom is 0.225 e. The van der Waals surface area contributed by atoms with Crippen molar-refractivity contribution >= 4 is 11.9 Å². The minimum Gasteiger partial charge on any atom is -0.347 e. The second-order valence-electron chi connectivity index (χ2n) is 8.08. The molecule has 6 heteroatoms. The number of rotatable bonds is 4. The molecule has 1 aromatic rings. The van der Waals surface area contributed by atoms with Crippen LogP contribution in [-0.2, 0) is 16.6 Å². The van der Waals surface area contributed by atoms with E-state index in [1.807, 2.05) is 30.1 Å². The molecule has 1 spiro atoms. The summed E-state index contributed by atoms with van der Waals surface area (Å²) in [6, 6.07) is 0. The first kappa shape index (κ1) is 16.8. The number of aromatic nitrogens is 2. The SMILES string of the molecule is CN(C)c1ncc2c(n1)C1(CCCN(CCN3CCCC3=O)C1)CC2. The summed E-state index contributed by atoms with van der Waals surface area (Å²) in [5, 5.41) is 0. The number of fused-ring (bicyclic) bond motifs is 2. The number of nitrogens with zero attached hydrogens (tertiary/aromatic N) is 5. The third-order valence-electron chi connectivity index (χ3n) is 6.14. The van der Waals surface area contributed by atoms with E-state index in [0.29, 0.717) is 5.91 Å². The van der Waals surface area contributed by atoms with Gasteiger partial charge in [0.1, 0.15) is 0 Å². The summed E-state index contributed by atoms with van der Waals surface area (Å²) in [5.41, 5.74) is 2.81. The Balaban J connectivity index is 1.48. The standard InChI is InChI=1S/C19H29N5O/c1-22(2)18-20-13-15-6-8-19(17(15)21-18)7-4-9-23(14-19)11-12-24-10-3-5-16(24)25/h13H,3-12,14H2,1-2H3. The highest BCUT2D eigenvalue weighted by Gasteiger charge is 2.43. The van der Waals surface area contributed by atoms with Gasteiger partial charge in [0.15, 0.2) is 0 Å². The molecule has 136 valence electrons. The van der Waals surface area contributed by atoms with Gasteiger partial charge in [0.2, 0.25) is 11.9 Å². The van der Waals surface area contributed by atoms with Crippen LogP contribution in [-0.4, -0.2) is 72.5 Å². The zero-order valence-corrected chi connectivity index (χ0v) is 15.5. The number of piperidine rings is 1. The van der Waals surface area contributed by atoms with Crippen LogP contribution in [0.1, 0.15) is 43.4 Å². The minimum atomic E-state index is 0.191. The molecule has 0 aromatic carbocycles. The Kier molecular flexibility index (Phi) is 4.40. The van der Waals surface area contributed by atoms with Crippen LogP contribution >= 0.6 is 0 Å². The van der Waals surface area contributed by atoms with E-state index in [0.717, 1.165) is 57.9 Å². The lowest BCUT2D eigenvalue weighted by molar-refractivity contribution is -0.127. The molecule has 1 amide bonds. The predicted octanol–water partition coefficient (Wildman–Crippen LogP) is 1.44. The van der Waals surface area contributed by atoms with Crippen LogP contribution in [0.5, 0.6) is 0 Å². The molecule has 1 aliphatic carbocycles. The predicted molar refractivity (Wildman–Crippen MR) is 97.8 cm³/mol. The first-order chi connectivity index (χ1) is 12.1. The van der Waals surface area contributed by atoms with Gasteiger partial charge in [-0.3, -0.25) is 4.79 Å². The van der Waals surface area contributed by atoms with Gasteiger partial charge in [-0.1, -0.05) is 0 Å². The van der Waals surface area contributed by atoms with Gasteiger partial charge >= 0.3 is 0 Å². The van der Waals surface area contributed by atoms with Gasteiger partial charge in [0.05, 0.1) is 5.69 Å². The third-order valence-corrected chi connectivity index (χ3v) is 6.14. The fraction of sp³-hybridized carbons (Fsp3) is 0.737. The Morgan fingerprint density at radius 3 is 2.80 bits per heavy atom. The highest BCUT2D eigenvalue weighted by molar-refractivity contribution is 5.78. The molecule has 1 aromatic heterocycles. The molecule has 2 saturated heterocycles. The van der Waals surface area contributed by atoms with Crippen LogP contribution in [0.25, 0.3) is 0 Å². The lowest BCUT2D eigenvalue weighted by atomic mass is 9.77. The number of carbonyl (C=O) groups is 1. The van der Waals surface area contributed by atoms with Crippen LogP contribution in [0.15, 0.2) is 6.20 Å². The molecule has 6 nitrogen and oxygen atoms in total. The number of amides is 1. The zero-order chi connectivity index (χ0) is 17.4. The molecule has 25 heavy (non-hydrogen) atoms. The van der Waals surface area contributed by atoms with E-state index in [2.05, 4.69) is 9.88 Å². The Morgan fingerprint density at radius 2 is 2.04 bits per heavy atom. The Morgan fingerprint density at radius 1 is 1.16 bits per heavy atom. The molecule has 1 unspecified atom stereocenters. The minimum absolute atomic E-state index is 0.191. The van der Waals surface area contributed by atoms with Crippen molar-refractivity contribution in [3.8, 4) is 0 Å². The van der Waals surface area contributed by atoms with E-state index < -0.39 is 0 Å². The molecule has 0 saturated carbocycles. The monoisotopic (exact) mass is 343 g/mol. The molecule has 3 heterocycles. The van der Waals surface area contributed by atoms with Crippen molar-refractivity contribution in [3.05, 3.63) is 17.5 Å². The number of aryl methyl sites for hydroxylation is 1. The van der Waals surface area contributed by atoms with Gasteiger partial charge in [0, 0.05) is 58.3 Å². The summed E-state index contributed by atoms with van der Waals surface area (Å²) < 4.78 is 0. The van der Waals surface area contributed by atoms with Crippen molar-refractivity contribution in [2.75, 3.05) is 51.7 Å². The lowest BCUT2D eigenvalue weighted by Gasteiger charge is -2.41. The number of hydrogen-bond acceptors (Lipinski definition) is 5. The van der Waals surface area contributed by atoms with Crippen LogP contribution in [0.2, 0.25) is 0 Å². The van der Waals surface area contributed by atoms with Crippen LogP contribution in [0, 0.1) is 0 Å². The second-order valence-corrected chi connectivity index (χ2v) is 8.08. The fourth-order valence-electron chi connectivity index (χ4n) is 4.77. The summed E-state index contributed by atoms with van der Waals surface area (Å²) in [6.45, 7) is 5.04. The molecular formula is C19H29N5O. The highest BCUT2D eigenvalue weighted by Crippen LogP contribution is 2.44. The van der Waals surface area contributed by atoms with E-state index >= 15 is 0 Å². The van der Waals surface area contributed by atoms with Gasteiger partial charge in [-0.05, 0) is 44.2 Å². The van der Waals surface area contributed by atoms with Crippen LogP contribution in [0.4, 0.5) is 5.95 Å². The van der Waals surface area contributed by atoms with Gasteiger partial charge in [-0.25, -0.2) is 9.97 Å². The number of anilines is 1. The zero-order valence-electron chi connectivity index (χ0n) is 15.5. The molecule has 2 fully saturated rings. The summed E-state index contributed by atoms with van der Waals surface area (Å²) in [6.07, 6.45) is 8.53. The Bertz CT molecular complexity index is 657. The van der Waals surface area contributed by atoms with Crippen LogP contribution < -0.4 is 4.90 Å². The molecule has 0 bridgehead atoms. The maximum absolute atomic E-state index is 11.8. The molecule has 0 N–H and O–H groups in total. The van der Waals surface area contributed by atoms with Gasteiger partial charge in [-0.2, -0.15) is 0 Å². The van der Waals surface area contributed by atoms with Crippen LogP contribution in [0.3, 0.4) is 0 Å². The molecule has 3 aliphatic rings. The molecular weight excluding hydrogens is 314 g/mol. The van der Waals surface area contributed by atoms with E-state index in [-0.39, 0.29) is 5.41 Å². The van der Waals surface area contributed by atoms with Gasteiger partial charge < -0.3 is 14.7 Å². The van der Waals surface area contributed by atoms with E-state index in [1.165, 1.54) is 30.5 Å². The van der Waals surface area contributed by atoms with Crippen molar-refractivity contribution < 1.29 is 4.79 Å². The topological polar surface area (TPSA) is 52.6 Å². The summed E-state index contributed by atoms with van der Waals surface area (Å²) in [5.74, 6) is 1.15. The second kappa shape index (κ2) is 6.56. The molecule has 4 rings (SSSR count). The van der Waals surface area contributed by atoms with Crippen molar-refractivity contribution in [1.29, 1.82) is 0 Å². The Labute approximate surface area is 150 Å². The average Bonchev–Trinajstić information content (AvgIpc) is 3.17. The smallest absolute Gasteiger partial charge is 0.225 e. The first-order valence-corrected chi connectivity index (χ1v) is 9.61. The molecule has 0 radical (unpaired) electrons. The van der Waals surface area contributed by atoms with Crippen molar-refractivity contribution in [3.63, 3.8) is 0 Å². The molecule has 1 atom stereocenters. The number of hydrogen-bond donors (Lipinski definition) is 0. The normalized spacial score (nSPS) is 26.5. The summed E-state index contributed by atoms with van der Waals surface area (Å²) in [7, 11) is 4.01. The summed E-state index contributed by atoms with van der Waals surface area (Å²) in [4.78, 5) is 27.9. The largest absolute Gasteiger partial charge is 0.347 e. The van der Waals surface area contributed by atoms with Gasteiger partial charge in [0.25, 0.3) is 0 Å². The molecule has 2 aliphatic heterocycles. The van der Waals surface area contributed by atoms with E-state index in [1.54, 1.807) is 0 Å².